The molecule has 0 radical (unpaired) electrons. The minimum absolute atomic E-state index is 0.216. The molecule has 0 saturated heterocycles. The van der Waals surface area contributed by atoms with Gasteiger partial charge in [0, 0.05) is 23.5 Å². The van der Waals surface area contributed by atoms with Crippen LogP contribution in [-0.4, -0.2) is 17.0 Å². The van der Waals surface area contributed by atoms with Gasteiger partial charge in [0.2, 0.25) is 0 Å². The Labute approximate surface area is 138 Å². The van der Waals surface area contributed by atoms with Gasteiger partial charge in [0.15, 0.2) is 0 Å². The second kappa shape index (κ2) is 7.02. The maximum absolute atomic E-state index is 11.5. The monoisotopic (exact) mass is 326 g/mol. The van der Waals surface area contributed by atoms with E-state index in [1.807, 2.05) is 30.3 Å². The van der Waals surface area contributed by atoms with Crippen LogP contribution in [0.5, 0.6) is 5.75 Å². The quantitative estimate of drug-likeness (QED) is 0.562. The van der Waals surface area contributed by atoms with E-state index in [2.05, 4.69) is 22.9 Å². The second-order valence-corrected chi connectivity index (χ2v) is 5.01. The van der Waals surface area contributed by atoms with Gasteiger partial charge in [-0.25, -0.2) is 4.79 Å². The van der Waals surface area contributed by atoms with Gasteiger partial charge in [-0.05, 0) is 35.9 Å². The van der Waals surface area contributed by atoms with Gasteiger partial charge < -0.3 is 14.5 Å². The van der Waals surface area contributed by atoms with Crippen molar-refractivity contribution >= 4 is 18.7 Å². The third-order valence-corrected chi connectivity index (χ3v) is 3.30. The number of pyridine rings is 1. The van der Waals surface area contributed by atoms with E-state index in [1.165, 1.54) is 0 Å². The molecule has 6 heteroatoms. The molecule has 0 aliphatic heterocycles. The van der Waals surface area contributed by atoms with Crippen LogP contribution in [0, 0.1) is 0 Å². The topological polar surface area (TPSA) is 64.4 Å². The van der Waals surface area contributed by atoms with Crippen LogP contribution >= 0.6 is 12.6 Å². The predicted molar refractivity (Wildman–Crippen MR) is 90.4 cm³/mol. The Morgan fingerprint density at radius 1 is 1.13 bits per heavy atom. The number of furan rings is 1. The van der Waals surface area contributed by atoms with Crippen LogP contribution in [0.3, 0.4) is 0 Å². The Morgan fingerprint density at radius 3 is 2.78 bits per heavy atom. The SMILES string of the molecule is O=C(NCS)Oc1cccc(-c2cncc(-c3ccco3)c2)c1. The first-order valence-corrected chi connectivity index (χ1v) is 7.55. The largest absolute Gasteiger partial charge is 0.464 e. The van der Waals surface area contributed by atoms with Crippen LogP contribution in [0.2, 0.25) is 0 Å². The van der Waals surface area contributed by atoms with Crippen LogP contribution in [0.25, 0.3) is 22.5 Å². The molecule has 5 nitrogen and oxygen atoms in total. The van der Waals surface area contributed by atoms with Crippen molar-refractivity contribution in [1.82, 2.24) is 10.3 Å². The number of nitrogens with one attached hydrogen (secondary N) is 1. The molecule has 1 N–H and O–H groups in total. The summed E-state index contributed by atoms with van der Waals surface area (Å²) < 4.78 is 10.6. The lowest BCUT2D eigenvalue weighted by Gasteiger charge is -2.07. The van der Waals surface area contributed by atoms with Gasteiger partial charge in [-0.3, -0.25) is 4.98 Å². The minimum atomic E-state index is -0.542. The number of benzene rings is 1. The zero-order chi connectivity index (χ0) is 16.1. The Bertz CT molecular complexity index is 803. The summed E-state index contributed by atoms with van der Waals surface area (Å²) in [5, 5.41) is 2.46. The average Bonchev–Trinajstić information content (AvgIpc) is 3.10. The molecule has 2 heterocycles. The summed E-state index contributed by atoms with van der Waals surface area (Å²) in [4.78, 5) is 15.7. The first kappa shape index (κ1) is 15.2. The van der Waals surface area contributed by atoms with Crippen molar-refractivity contribution in [2.24, 2.45) is 0 Å². The van der Waals surface area contributed by atoms with Crippen molar-refractivity contribution in [3.8, 4) is 28.2 Å². The molecule has 0 aliphatic rings. The summed E-state index contributed by atoms with van der Waals surface area (Å²) in [6.07, 6.45) is 4.57. The number of nitrogens with zero attached hydrogens (tertiary/aromatic N) is 1. The maximum atomic E-state index is 11.5. The van der Waals surface area contributed by atoms with Crippen LogP contribution in [-0.2, 0) is 0 Å². The highest BCUT2D eigenvalue weighted by Crippen LogP contribution is 2.27. The van der Waals surface area contributed by atoms with Crippen molar-refractivity contribution in [3.63, 3.8) is 0 Å². The van der Waals surface area contributed by atoms with Gasteiger partial charge in [-0.1, -0.05) is 12.1 Å². The van der Waals surface area contributed by atoms with Gasteiger partial charge in [0.05, 0.1) is 12.1 Å². The van der Waals surface area contributed by atoms with Crippen molar-refractivity contribution < 1.29 is 13.9 Å². The third-order valence-electron chi connectivity index (χ3n) is 3.15. The standard InChI is InChI=1S/C17H14N2O3S/c20-17(19-11-23)22-15-4-1-3-12(8-15)13-7-14(10-18-9-13)16-5-2-6-21-16/h1-10,23H,11H2,(H,19,20). The lowest BCUT2D eigenvalue weighted by molar-refractivity contribution is 0.202. The highest BCUT2D eigenvalue weighted by molar-refractivity contribution is 7.80. The highest BCUT2D eigenvalue weighted by atomic mass is 32.1. The molecule has 0 bridgehead atoms. The summed E-state index contributed by atoms with van der Waals surface area (Å²) in [5.74, 6) is 1.42. The molecule has 1 amide bonds. The molecule has 116 valence electrons. The zero-order valence-electron chi connectivity index (χ0n) is 12.1. The molecular formula is C17H14N2O3S. The minimum Gasteiger partial charge on any atom is -0.464 e. The Hall–Kier alpha value is -2.73. The average molecular weight is 326 g/mol. The van der Waals surface area contributed by atoms with Crippen molar-refractivity contribution in [2.45, 2.75) is 0 Å². The Kier molecular flexibility index (Phi) is 4.63. The fourth-order valence-corrected chi connectivity index (χ4v) is 2.25. The van der Waals surface area contributed by atoms with E-state index in [-0.39, 0.29) is 5.88 Å². The lowest BCUT2D eigenvalue weighted by atomic mass is 10.1. The van der Waals surface area contributed by atoms with Gasteiger partial charge in [0.1, 0.15) is 11.5 Å². The van der Waals surface area contributed by atoms with Gasteiger partial charge in [-0.2, -0.15) is 12.6 Å². The smallest absolute Gasteiger partial charge is 0.413 e. The number of hydrogen-bond donors (Lipinski definition) is 2. The first-order chi connectivity index (χ1) is 11.3. The lowest BCUT2D eigenvalue weighted by Crippen LogP contribution is -2.25. The number of carbonyl (C=O) groups excluding carboxylic acids is 1. The molecule has 0 atom stereocenters. The molecule has 3 rings (SSSR count). The van der Waals surface area contributed by atoms with Gasteiger partial charge in [0.25, 0.3) is 0 Å². The molecule has 1 aromatic carbocycles. The Balaban J connectivity index is 1.87. The van der Waals surface area contributed by atoms with E-state index < -0.39 is 6.09 Å². The fourth-order valence-electron chi connectivity index (χ4n) is 2.12. The molecule has 0 aliphatic carbocycles. The molecule has 3 aromatic rings. The fraction of sp³-hybridized carbons (Fsp3) is 0.0588. The molecule has 0 saturated carbocycles. The van der Waals surface area contributed by atoms with E-state index in [1.54, 1.807) is 30.8 Å². The van der Waals surface area contributed by atoms with E-state index >= 15 is 0 Å². The van der Waals surface area contributed by atoms with Crippen molar-refractivity contribution in [2.75, 3.05) is 5.88 Å². The second-order valence-electron chi connectivity index (χ2n) is 4.69. The normalized spacial score (nSPS) is 10.3. The van der Waals surface area contributed by atoms with Gasteiger partial charge >= 0.3 is 6.09 Å². The summed E-state index contributed by atoms with van der Waals surface area (Å²) in [5.41, 5.74) is 2.67. The molecule has 2 aromatic heterocycles. The molecular weight excluding hydrogens is 312 g/mol. The van der Waals surface area contributed by atoms with Crippen molar-refractivity contribution in [1.29, 1.82) is 0 Å². The van der Waals surface area contributed by atoms with E-state index in [4.69, 9.17) is 9.15 Å². The molecule has 0 spiro atoms. The molecule has 23 heavy (non-hydrogen) atoms. The van der Waals surface area contributed by atoms with Crippen LogP contribution in [0.1, 0.15) is 0 Å². The Morgan fingerprint density at radius 2 is 2.00 bits per heavy atom. The van der Waals surface area contributed by atoms with Crippen LogP contribution in [0.15, 0.2) is 65.5 Å². The van der Waals surface area contributed by atoms with Gasteiger partial charge in [-0.15, -0.1) is 0 Å². The van der Waals surface area contributed by atoms with E-state index in [0.29, 0.717) is 5.75 Å². The van der Waals surface area contributed by atoms with Crippen LogP contribution < -0.4 is 10.1 Å². The zero-order valence-corrected chi connectivity index (χ0v) is 13.0. The van der Waals surface area contributed by atoms with Crippen LogP contribution in [0.4, 0.5) is 4.79 Å². The van der Waals surface area contributed by atoms with E-state index in [0.717, 1.165) is 22.5 Å². The molecule has 0 unspecified atom stereocenters. The van der Waals surface area contributed by atoms with E-state index in [9.17, 15) is 4.79 Å². The summed E-state index contributed by atoms with van der Waals surface area (Å²) in [6, 6.07) is 12.9. The maximum Gasteiger partial charge on any atom is 0.413 e. The number of carbonyl (C=O) groups is 1. The predicted octanol–water partition coefficient (Wildman–Crippen LogP) is 3.98. The first-order valence-electron chi connectivity index (χ1n) is 6.92. The molecule has 0 fully saturated rings. The highest BCUT2D eigenvalue weighted by Gasteiger charge is 2.07. The summed E-state index contributed by atoms with van der Waals surface area (Å²) >= 11 is 3.92. The number of aromatic nitrogens is 1. The number of thiol groups is 1. The summed E-state index contributed by atoms with van der Waals surface area (Å²) in [6.45, 7) is 0. The number of ether oxygens (including phenoxy) is 1. The van der Waals surface area contributed by atoms with Crippen molar-refractivity contribution in [3.05, 3.63) is 61.1 Å². The number of amides is 1. The number of rotatable bonds is 4. The number of hydrogen-bond acceptors (Lipinski definition) is 5. The third kappa shape index (κ3) is 3.73. The summed E-state index contributed by atoms with van der Waals surface area (Å²) in [7, 11) is 0.